The van der Waals surface area contributed by atoms with Crippen LogP contribution in [0, 0.1) is 0 Å². The van der Waals surface area contributed by atoms with Crippen LogP contribution in [0.25, 0.3) is 10.9 Å². The number of aromatic amines is 1. The van der Waals surface area contributed by atoms with Crippen molar-refractivity contribution in [1.82, 2.24) is 9.88 Å². The van der Waals surface area contributed by atoms with Crippen LogP contribution < -0.4 is 9.64 Å². The van der Waals surface area contributed by atoms with E-state index in [9.17, 15) is 4.79 Å². The smallest absolute Gasteiger partial charge is 0.270 e. The van der Waals surface area contributed by atoms with Crippen molar-refractivity contribution in [2.45, 2.75) is 6.54 Å². The summed E-state index contributed by atoms with van der Waals surface area (Å²) >= 11 is 0. The van der Waals surface area contributed by atoms with Gasteiger partial charge >= 0.3 is 0 Å². The van der Waals surface area contributed by atoms with Crippen LogP contribution in [-0.4, -0.2) is 49.1 Å². The van der Waals surface area contributed by atoms with E-state index in [0.29, 0.717) is 5.69 Å². The standard InChI is InChI=1S/C21H23N3O2/c1-26-18-8-6-16(7-9-18)15-23-10-12-24(13-11-23)21(25)20-14-17-4-2-3-5-19(17)22-20/h2-9,14,22H,10-13,15H2,1H3/p+1. The molecule has 2 aromatic carbocycles. The van der Waals surface area contributed by atoms with Gasteiger partial charge in [0.05, 0.1) is 33.3 Å². The fourth-order valence-electron chi connectivity index (χ4n) is 3.59. The van der Waals surface area contributed by atoms with Gasteiger partial charge in [0.25, 0.3) is 5.91 Å². The summed E-state index contributed by atoms with van der Waals surface area (Å²) in [5, 5.41) is 1.08. The van der Waals surface area contributed by atoms with Gasteiger partial charge in [0.2, 0.25) is 0 Å². The predicted octanol–water partition coefficient (Wildman–Crippen LogP) is 1.72. The van der Waals surface area contributed by atoms with Gasteiger partial charge < -0.3 is 19.5 Å². The summed E-state index contributed by atoms with van der Waals surface area (Å²) in [4.78, 5) is 19.5. The summed E-state index contributed by atoms with van der Waals surface area (Å²) in [5.41, 5.74) is 3.00. The number of hydrogen-bond acceptors (Lipinski definition) is 2. The van der Waals surface area contributed by atoms with E-state index < -0.39 is 0 Å². The van der Waals surface area contributed by atoms with Gasteiger partial charge in [0, 0.05) is 16.5 Å². The second-order valence-corrected chi connectivity index (χ2v) is 6.84. The highest BCUT2D eigenvalue weighted by Gasteiger charge is 2.25. The molecular formula is C21H24N3O2+. The number of para-hydroxylation sites is 1. The molecule has 3 aromatic rings. The van der Waals surface area contributed by atoms with E-state index in [2.05, 4.69) is 17.1 Å². The van der Waals surface area contributed by atoms with Gasteiger partial charge in [-0.3, -0.25) is 4.79 Å². The number of nitrogens with zero attached hydrogens (tertiary/aromatic N) is 1. The van der Waals surface area contributed by atoms with E-state index in [4.69, 9.17) is 4.74 Å². The minimum Gasteiger partial charge on any atom is -0.497 e. The summed E-state index contributed by atoms with van der Waals surface area (Å²) < 4.78 is 5.21. The number of hydrogen-bond donors (Lipinski definition) is 2. The topological polar surface area (TPSA) is 49.8 Å². The molecule has 0 unspecified atom stereocenters. The van der Waals surface area contributed by atoms with Crippen LogP contribution in [0.2, 0.25) is 0 Å². The van der Waals surface area contributed by atoms with Gasteiger partial charge in [-0.25, -0.2) is 0 Å². The fraction of sp³-hybridized carbons (Fsp3) is 0.286. The Kier molecular flexibility index (Phi) is 4.63. The zero-order valence-corrected chi connectivity index (χ0v) is 15.0. The Hall–Kier alpha value is -2.79. The molecular weight excluding hydrogens is 326 g/mol. The van der Waals surface area contributed by atoms with Gasteiger partial charge in [-0.2, -0.15) is 0 Å². The number of amides is 1. The lowest BCUT2D eigenvalue weighted by Crippen LogP contribution is -3.13. The summed E-state index contributed by atoms with van der Waals surface area (Å²) in [6.07, 6.45) is 0. The van der Waals surface area contributed by atoms with Crippen molar-refractivity contribution >= 4 is 16.8 Å². The third kappa shape index (κ3) is 3.44. The summed E-state index contributed by atoms with van der Waals surface area (Å²) in [6.45, 7) is 4.51. The zero-order valence-electron chi connectivity index (χ0n) is 15.0. The molecule has 2 heterocycles. The van der Waals surface area contributed by atoms with E-state index >= 15 is 0 Å². The van der Waals surface area contributed by atoms with Gasteiger partial charge in [-0.15, -0.1) is 0 Å². The van der Waals surface area contributed by atoms with Crippen molar-refractivity contribution in [3.8, 4) is 5.75 Å². The van der Waals surface area contributed by atoms with E-state index in [1.165, 1.54) is 10.5 Å². The molecule has 0 atom stereocenters. The molecule has 1 saturated heterocycles. The molecule has 0 saturated carbocycles. The lowest BCUT2D eigenvalue weighted by Gasteiger charge is -2.32. The van der Waals surface area contributed by atoms with E-state index in [0.717, 1.165) is 49.4 Å². The lowest BCUT2D eigenvalue weighted by molar-refractivity contribution is -0.917. The molecule has 1 amide bonds. The minimum atomic E-state index is 0.102. The fourth-order valence-corrected chi connectivity index (χ4v) is 3.59. The van der Waals surface area contributed by atoms with Gasteiger partial charge in [-0.05, 0) is 36.4 Å². The number of H-pyrrole nitrogens is 1. The number of aromatic nitrogens is 1. The maximum absolute atomic E-state index is 12.8. The van der Waals surface area contributed by atoms with Crippen LogP contribution in [0.3, 0.4) is 0 Å². The van der Waals surface area contributed by atoms with Crippen LogP contribution in [-0.2, 0) is 6.54 Å². The molecule has 0 spiro atoms. The van der Waals surface area contributed by atoms with Crippen LogP contribution in [0.15, 0.2) is 54.6 Å². The van der Waals surface area contributed by atoms with Crippen molar-refractivity contribution < 1.29 is 14.4 Å². The normalized spacial score (nSPS) is 15.3. The van der Waals surface area contributed by atoms with Gasteiger partial charge in [0.1, 0.15) is 18.0 Å². The first kappa shape index (κ1) is 16.7. The lowest BCUT2D eigenvalue weighted by atomic mass is 10.2. The van der Waals surface area contributed by atoms with E-state index in [-0.39, 0.29) is 5.91 Å². The summed E-state index contributed by atoms with van der Waals surface area (Å²) in [6, 6.07) is 18.2. The number of nitrogens with one attached hydrogen (secondary N) is 2. The second-order valence-electron chi connectivity index (χ2n) is 6.84. The maximum Gasteiger partial charge on any atom is 0.270 e. The Labute approximate surface area is 153 Å². The second kappa shape index (κ2) is 7.22. The predicted molar refractivity (Wildman–Crippen MR) is 102 cm³/mol. The summed E-state index contributed by atoms with van der Waals surface area (Å²) in [7, 11) is 1.68. The Bertz CT molecular complexity index is 860. The van der Waals surface area contributed by atoms with E-state index in [1.807, 2.05) is 47.4 Å². The van der Waals surface area contributed by atoms with Crippen molar-refractivity contribution in [2.75, 3.05) is 33.3 Å². The van der Waals surface area contributed by atoms with Crippen LogP contribution >= 0.6 is 0 Å². The highest BCUT2D eigenvalue weighted by molar-refractivity contribution is 5.98. The molecule has 4 rings (SSSR count). The number of carbonyl (C=O) groups is 1. The average Bonchev–Trinajstić information content (AvgIpc) is 3.13. The number of fused-ring (bicyclic) bond motifs is 1. The molecule has 134 valence electrons. The summed E-state index contributed by atoms with van der Waals surface area (Å²) in [5.74, 6) is 0.988. The quantitative estimate of drug-likeness (QED) is 0.753. The number of methoxy groups -OCH3 is 1. The Morgan fingerprint density at radius 3 is 2.54 bits per heavy atom. The monoisotopic (exact) mass is 350 g/mol. The first-order valence-corrected chi connectivity index (χ1v) is 9.06. The van der Waals surface area contributed by atoms with Crippen molar-refractivity contribution in [2.24, 2.45) is 0 Å². The average molecular weight is 350 g/mol. The third-order valence-electron chi connectivity index (χ3n) is 5.13. The molecule has 5 heteroatoms. The molecule has 1 fully saturated rings. The first-order chi connectivity index (χ1) is 12.7. The number of ether oxygens (including phenoxy) is 1. The number of benzene rings is 2. The molecule has 5 nitrogen and oxygen atoms in total. The Balaban J connectivity index is 1.35. The molecule has 1 aliphatic heterocycles. The molecule has 2 N–H and O–H groups in total. The Morgan fingerprint density at radius 2 is 1.85 bits per heavy atom. The number of carbonyl (C=O) groups excluding carboxylic acids is 1. The SMILES string of the molecule is COc1ccc(C[NH+]2CCN(C(=O)c3cc4ccccc4[nH]3)CC2)cc1. The van der Waals surface area contributed by atoms with Gasteiger partial charge in [0.15, 0.2) is 0 Å². The van der Waals surface area contributed by atoms with Crippen LogP contribution in [0.4, 0.5) is 0 Å². The molecule has 26 heavy (non-hydrogen) atoms. The van der Waals surface area contributed by atoms with Crippen molar-refractivity contribution in [1.29, 1.82) is 0 Å². The van der Waals surface area contributed by atoms with E-state index in [1.54, 1.807) is 7.11 Å². The molecule has 0 bridgehead atoms. The number of piperazine rings is 1. The Morgan fingerprint density at radius 1 is 1.12 bits per heavy atom. The van der Waals surface area contributed by atoms with Crippen molar-refractivity contribution in [3.05, 3.63) is 65.9 Å². The van der Waals surface area contributed by atoms with Crippen LogP contribution in [0.5, 0.6) is 5.75 Å². The molecule has 0 radical (unpaired) electrons. The largest absolute Gasteiger partial charge is 0.497 e. The zero-order chi connectivity index (χ0) is 17.9. The van der Waals surface area contributed by atoms with Crippen molar-refractivity contribution in [3.63, 3.8) is 0 Å². The first-order valence-electron chi connectivity index (χ1n) is 9.06. The molecule has 0 aliphatic carbocycles. The molecule has 1 aliphatic rings. The highest BCUT2D eigenvalue weighted by Crippen LogP contribution is 2.16. The minimum absolute atomic E-state index is 0.102. The van der Waals surface area contributed by atoms with Crippen LogP contribution in [0.1, 0.15) is 16.1 Å². The maximum atomic E-state index is 12.8. The third-order valence-corrected chi connectivity index (χ3v) is 5.13. The number of quaternary nitrogens is 1. The van der Waals surface area contributed by atoms with Gasteiger partial charge in [-0.1, -0.05) is 18.2 Å². The highest BCUT2D eigenvalue weighted by atomic mass is 16.5. The molecule has 1 aromatic heterocycles. The number of rotatable bonds is 4.